The van der Waals surface area contributed by atoms with Crippen LogP contribution in [-0.4, -0.2) is 40.8 Å². The molecule has 1 heterocycles. The van der Waals surface area contributed by atoms with Gasteiger partial charge in [-0.25, -0.2) is 9.97 Å². The summed E-state index contributed by atoms with van der Waals surface area (Å²) in [5, 5.41) is 13.5. The van der Waals surface area contributed by atoms with E-state index in [0.29, 0.717) is 0 Å². The highest BCUT2D eigenvalue weighted by Crippen LogP contribution is 2.26. The van der Waals surface area contributed by atoms with Gasteiger partial charge in [-0.15, -0.1) is 0 Å². The summed E-state index contributed by atoms with van der Waals surface area (Å²) in [4.78, 5) is 11.4. The lowest BCUT2D eigenvalue weighted by molar-refractivity contribution is 0.106. The maximum atomic E-state index is 10.2. The van der Waals surface area contributed by atoms with Crippen LogP contribution in [0, 0.1) is 0 Å². The van der Waals surface area contributed by atoms with Gasteiger partial charge in [0.05, 0.1) is 12.1 Å². The van der Waals surface area contributed by atoms with Gasteiger partial charge in [0.15, 0.2) is 0 Å². The predicted octanol–water partition coefficient (Wildman–Crippen LogP) is 2.60. The van der Waals surface area contributed by atoms with E-state index in [1.807, 2.05) is 13.1 Å². The van der Waals surface area contributed by atoms with Crippen LogP contribution in [-0.2, 0) is 6.42 Å². The van der Waals surface area contributed by atoms with Gasteiger partial charge in [-0.05, 0) is 26.2 Å². The Morgan fingerprint density at radius 2 is 2.05 bits per heavy atom. The summed E-state index contributed by atoms with van der Waals surface area (Å²) in [6.45, 7) is 5.05. The van der Waals surface area contributed by atoms with Crippen molar-refractivity contribution in [2.45, 2.75) is 64.5 Å². The summed E-state index contributed by atoms with van der Waals surface area (Å²) < 4.78 is 0. The lowest BCUT2D eigenvalue weighted by Gasteiger charge is -2.36. The van der Waals surface area contributed by atoms with Gasteiger partial charge >= 0.3 is 0 Å². The van der Waals surface area contributed by atoms with Crippen molar-refractivity contribution in [2.75, 3.05) is 23.8 Å². The van der Waals surface area contributed by atoms with Crippen LogP contribution in [0.4, 0.5) is 11.6 Å². The summed E-state index contributed by atoms with van der Waals surface area (Å²) >= 11 is 0. The minimum atomic E-state index is -0.254. The van der Waals surface area contributed by atoms with Gasteiger partial charge in [0.25, 0.3) is 0 Å². The quantitative estimate of drug-likeness (QED) is 0.844. The van der Waals surface area contributed by atoms with Crippen LogP contribution >= 0.6 is 0 Å². The molecule has 0 aliphatic heterocycles. The van der Waals surface area contributed by atoms with E-state index in [9.17, 15) is 5.11 Å². The highest BCUT2D eigenvalue weighted by Gasteiger charge is 2.27. The topological polar surface area (TPSA) is 61.3 Å². The highest BCUT2D eigenvalue weighted by atomic mass is 16.3. The molecule has 0 aromatic carbocycles. The molecular weight excluding hydrogens is 264 g/mol. The van der Waals surface area contributed by atoms with E-state index in [0.717, 1.165) is 56.1 Å². The number of aliphatic hydroxyl groups is 1. The Balaban J connectivity index is 2.23. The maximum Gasteiger partial charge on any atom is 0.134 e. The lowest BCUT2D eigenvalue weighted by Crippen LogP contribution is -2.44. The molecule has 118 valence electrons. The number of nitrogens with one attached hydrogen (secondary N) is 1. The highest BCUT2D eigenvalue weighted by molar-refractivity contribution is 5.50. The Kier molecular flexibility index (Phi) is 5.79. The molecular formula is C16H28N4O. The van der Waals surface area contributed by atoms with Crippen LogP contribution in [0.15, 0.2) is 6.07 Å². The molecule has 21 heavy (non-hydrogen) atoms. The second-order valence-electron chi connectivity index (χ2n) is 5.84. The number of aliphatic hydroxyl groups excluding tert-OH is 1. The molecule has 0 spiro atoms. The first kappa shape index (κ1) is 16.0. The monoisotopic (exact) mass is 292 g/mol. The fraction of sp³-hybridized carbons (Fsp3) is 0.750. The molecule has 5 nitrogen and oxygen atoms in total. The number of anilines is 2. The van der Waals surface area contributed by atoms with Crippen molar-refractivity contribution >= 4 is 11.6 Å². The van der Waals surface area contributed by atoms with E-state index in [1.165, 1.54) is 6.42 Å². The minimum Gasteiger partial charge on any atom is -0.391 e. The summed E-state index contributed by atoms with van der Waals surface area (Å²) in [6.07, 6.45) is 5.88. The fourth-order valence-corrected chi connectivity index (χ4v) is 2.98. The Morgan fingerprint density at radius 1 is 1.29 bits per heavy atom. The van der Waals surface area contributed by atoms with Gasteiger partial charge in [0.2, 0.25) is 0 Å². The molecule has 1 saturated carbocycles. The van der Waals surface area contributed by atoms with Crippen LogP contribution in [0.25, 0.3) is 0 Å². The minimum absolute atomic E-state index is 0.164. The van der Waals surface area contributed by atoms with E-state index in [1.54, 1.807) is 0 Å². The Hall–Kier alpha value is -1.36. The zero-order valence-electron chi connectivity index (χ0n) is 13.5. The molecule has 1 fully saturated rings. The molecule has 1 aliphatic rings. The summed E-state index contributed by atoms with van der Waals surface area (Å²) in [7, 11) is 2.03. The van der Waals surface area contributed by atoms with Crippen molar-refractivity contribution in [3.63, 3.8) is 0 Å². The number of hydrogen-bond donors (Lipinski definition) is 2. The van der Waals surface area contributed by atoms with E-state index < -0.39 is 0 Å². The van der Waals surface area contributed by atoms with E-state index in [2.05, 4.69) is 34.0 Å². The molecule has 0 radical (unpaired) electrons. The van der Waals surface area contributed by atoms with Crippen molar-refractivity contribution in [3.05, 3.63) is 11.9 Å². The number of hydrogen-bond acceptors (Lipinski definition) is 5. The van der Waals surface area contributed by atoms with Gasteiger partial charge in [-0.1, -0.05) is 19.8 Å². The first-order valence-corrected chi connectivity index (χ1v) is 8.18. The van der Waals surface area contributed by atoms with Crippen LogP contribution in [0.1, 0.15) is 51.8 Å². The van der Waals surface area contributed by atoms with E-state index in [4.69, 9.17) is 0 Å². The SMILES string of the molecule is CCCc1nc(NCC)cc(N(C)C2CCCCC2O)n1. The van der Waals surface area contributed by atoms with Gasteiger partial charge in [0.1, 0.15) is 17.5 Å². The van der Waals surface area contributed by atoms with Gasteiger partial charge < -0.3 is 15.3 Å². The van der Waals surface area contributed by atoms with E-state index in [-0.39, 0.29) is 12.1 Å². The standard InChI is InChI=1S/C16H28N4O/c1-4-8-14-18-15(17-5-2)11-16(19-14)20(3)12-9-6-7-10-13(12)21/h11-13,21H,4-10H2,1-3H3,(H,17,18,19). The van der Waals surface area contributed by atoms with Gasteiger partial charge in [0, 0.05) is 26.1 Å². The molecule has 5 heteroatoms. The fourth-order valence-electron chi connectivity index (χ4n) is 2.98. The van der Waals surface area contributed by atoms with Crippen LogP contribution in [0.5, 0.6) is 0 Å². The lowest BCUT2D eigenvalue weighted by atomic mass is 9.91. The molecule has 2 N–H and O–H groups in total. The summed E-state index contributed by atoms with van der Waals surface area (Å²) in [5.41, 5.74) is 0. The number of nitrogens with zero attached hydrogens (tertiary/aromatic N) is 3. The van der Waals surface area contributed by atoms with E-state index >= 15 is 0 Å². The Labute approximate surface area is 127 Å². The largest absolute Gasteiger partial charge is 0.391 e. The first-order valence-electron chi connectivity index (χ1n) is 8.18. The zero-order valence-corrected chi connectivity index (χ0v) is 13.5. The first-order chi connectivity index (χ1) is 10.2. The molecule has 2 atom stereocenters. The van der Waals surface area contributed by atoms with Gasteiger partial charge in [-0.3, -0.25) is 0 Å². The smallest absolute Gasteiger partial charge is 0.134 e. The van der Waals surface area contributed by atoms with Crippen LogP contribution in [0.2, 0.25) is 0 Å². The molecule has 0 amide bonds. The van der Waals surface area contributed by atoms with Crippen molar-refractivity contribution in [1.82, 2.24) is 9.97 Å². The molecule has 0 saturated heterocycles. The zero-order chi connectivity index (χ0) is 15.2. The Bertz CT molecular complexity index is 428. The molecule has 1 aromatic heterocycles. The normalized spacial score (nSPS) is 22.1. The molecule has 2 unspecified atom stereocenters. The van der Waals surface area contributed by atoms with Crippen molar-refractivity contribution in [2.24, 2.45) is 0 Å². The van der Waals surface area contributed by atoms with Crippen LogP contribution < -0.4 is 10.2 Å². The van der Waals surface area contributed by atoms with Crippen molar-refractivity contribution < 1.29 is 5.11 Å². The molecule has 2 rings (SSSR count). The second-order valence-corrected chi connectivity index (χ2v) is 5.84. The molecule has 1 aromatic rings. The average molecular weight is 292 g/mol. The number of aryl methyl sites for hydroxylation is 1. The summed E-state index contributed by atoms with van der Waals surface area (Å²) in [6, 6.07) is 2.15. The third-order valence-corrected chi connectivity index (χ3v) is 4.14. The average Bonchev–Trinajstić information content (AvgIpc) is 2.47. The third kappa shape index (κ3) is 4.06. The number of aromatic nitrogens is 2. The molecule has 1 aliphatic carbocycles. The van der Waals surface area contributed by atoms with Crippen LogP contribution in [0.3, 0.4) is 0 Å². The Morgan fingerprint density at radius 3 is 2.71 bits per heavy atom. The third-order valence-electron chi connectivity index (χ3n) is 4.14. The number of rotatable bonds is 6. The predicted molar refractivity (Wildman–Crippen MR) is 86.9 cm³/mol. The summed E-state index contributed by atoms with van der Waals surface area (Å²) in [5.74, 6) is 2.67. The van der Waals surface area contributed by atoms with Crippen molar-refractivity contribution in [3.8, 4) is 0 Å². The van der Waals surface area contributed by atoms with Crippen molar-refractivity contribution in [1.29, 1.82) is 0 Å². The maximum absolute atomic E-state index is 10.2. The molecule has 0 bridgehead atoms. The second kappa shape index (κ2) is 7.59. The number of likely N-dealkylation sites (N-methyl/N-ethyl adjacent to an activating group) is 1. The van der Waals surface area contributed by atoms with Gasteiger partial charge in [-0.2, -0.15) is 0 Å².